The minimum Gasteiger partial charge on any atom is -0.468 e. The third kappa shape index (κ3) is 2.78. The molecule has 2 atom stereocenters. The van der Waals surface area contributed by atoms with E-state index in [4.69, 9.17) is 5.26 Å². The van der Waals surface area contributed by atoms with E-state index in [0.29, 0.717) is 10.0 Å². The SMILES string of the molecule is COC(=O)C(C#N)C1CC=C(I)C(=O)C1. The molecule has 4 nitrogen and oxygen atoms in total. The topological polar surface area (TPSA) is 67.2 Å². The quantitative estimate of drug-likeness (QED) is 0.573. The highest BCUT2D eigenvalue weighted by molar-refractivity contribution is 14.1. The summed E-state index contributed by atoms with van der Waals surface area (Å²) < 4.78 is 5.21. The van der Waals surface area contributed by atoms with E-state index in [0.717, 1.165) is 0 Å². The molecule has 5 heteroatoms. The monoisotopic (exact) mass is 319 g/mol. The molecule has 0 amide bonds. The summed E-state index contributed by atoms with van der Waals surface area (Å²) in [5.41, 5.74) is 0. The van der Waals surface area contributed by atoms with E-state index in [1.165, 1.54) is 7.11 Å². The molecule has 0 radical (unpaired) electrons. The second-order valence-corrected chi connectivity index (χ2v) is 4.47. The zero-order valence-corrected chi connectivity index (χ0v) is 10.4. The van der Waals surface area contributed by atoms with Gasteiger partial charge >= 0.3 is 5.97 Å². The number of Topliss-reactive ketones (excluding diaryl/α,β-unsaturated/α-hetero) is 1. The molecule has 0 saturated heterocycles. The van der Waals surface area contributed by atoms with Gasteiger partial charge in [-0.05, 0) is 34.9 Å². The molecule has 1 aliphatic rings. The molecule has 0 saturated carbocycles. The number of ether oxygens (including phenoxy) is 1. The Morgan fingerprint density at radius 2 is 2.47 bits per heavy atom. The van der Waals surface area contributed by atoms with Crippen LogP contribution < -0.4 is 0 Å². The number of halogens is 1. The Hall–Kier alpha value is -0.900. The number of rotatable bonds is 2. The summed E-state index contributed by atoms with van der Waals surface area (Å²) in [5.74, 6) is -1.63. The molecule has 0 fully saturated rings. The van der Waals surface area contributed by atoms with E-state index in [2.05, 4.69) is 4.74 Å². The average molecular weight is 319 g/mol. The van der Waals surface area contributed by atoms with Crippen molar-refractivity contribution in [2.75, 3.05) is 7.11 Å². The van der Waals surface area contributed by atoms with Crippen LogP contribution in [-0.2, 0) is 14.3 Å². The van der Waals surface area contributed by atoms with E-state index in [1.807, 2.05) is 28.7 Å². The Kier molecular flexibility index (Phi) is 4.27. The largest absolute Gasteiger partial charge is 0.468 e. The van der Waals surface area contributed by atoms with Crippen LogP contribution in [0.1, 0.15) is 12.8 Å². The fourth-order valence-electron chi connectivity index (χ4n) is 1.52. The number of carbonyl (C=O) groups is 2. The van der Waals surface area contributed by atoms with Gasteiger partial charge in [0.1, 0.15) is 5.92 Å². The van der Waals surface area contributed by atoms with E-state index in [-0.39, 0.29) is 18.1 Å². The summed E-state index contributed by atoms with van der Waals surface area (Å²) in [6.07, 6.45) is 2.60. The molecule has 15 heavy (non-hydrogen) atoms. The lowest BCUT2D eigenvalue weighted by atomic mass is 9.83. The van der Waals surface area contributed by atoms with Crippen molar-refractivity contribution in [3.05, 3.63) is 9.66 Å². The van der Waals surface area contributed by atoms with Crippen LogP contribution in [0, 0.1) is 23.2 Å². The van der Waals surface area contributed by atoms with E-state index >= 15 is 0 Å². The van der Waals surface area contributed by atoms with Gasteiger partial charge in [0.2, 0.25) is 0 Å². The molecule has 0 bridgehead atoms. The fraction of sp³-hybridized carbons (Fsp3) is 0.500. The van der Waals surface area contributed by atoms with Gasteiger partial charge in [0.25, 0.3) is 0 Å². The number of ketones is 1. The number of nitriles is 1. The second-order valence-electron chi connectivity index (χ2n) is 3.31. The number of methoxy groups -OCH3 is 1. The zero-order chi connectivity index (χ0) is 11.4. The van der Waals surface area contributed by atoms with E-state index < -0.39 is 11.9 Å². The zero-order valence-electron chi connectivity index (χ0n) is 8.20. The van der Waals surface area contributed by atoms with Gasteiger partial charge < -0.3 is 4.74 Å². The average Bonchev–Trinajstić information content (AvgIpc) is 2.24. The van der Waals surface area contributed by atoms with Crippen molar-refractivity contribution in [2.24, 2.45) is 11.8 Å². The summed E-state index contributed by atoms with van der Waals surface area (Å²) >= 11 is 1.97. The number of hydrogen-bond acceptors (Lipinski definition) is 4. The van der Waals surface area contributed by atoms with Gasteiger partial charge in [-0.15, -0.1) is 0 Å². The Morgan fingerprint density at radius 1 is 1.80 bits per heavy atom. The summed E-state index contributed by atoms with van der Waals surface area (Å²) in [4.78, 5) is 22.7. The molecule has 1 rings (SSSR count). The summed E-state index contributed by atoms with van der Waals surface area (Å²) in [6.45, 7) is 0. The minimum atomic E-state index is -0.834. The third-order valence-corrected chi connectivity index (χ3v) is 3.42. The molecule has 2 unspecified atom stereocenters. The van der Waals surface area contributed by atoms with Crippen LogP contribution in [0.2, 0.25) is 0 Å². The van der Waals surface area contributed by atoms with Crippen molar-refractivity contribution in [3.63, 3.8) is 0 Å². The number of hydrogen-bond donors (Lipinski definition) is 0. The Morgan fingerprint density at radius 3 is 2.93 bits per heavy atom. The molecular weight excluding hydrogens is 309 g/mol. The molecule has 0 aromatic carbocycles. The minimum absolute atomic E-state index is 0.00370. The Bertz CT molecular complexity index is 356. The van der Waals surface area contributed by atoms with Crippen molar-refractivity contribution in [1.82, 2.24) is 0 Å². The van der Waals surface area contributed by atoms with Crippen molar-refractivity contribution in [3.8, 4) is 6.07 Å². The van der Waals surface area contributed by atoms with Crippen molar-refractivity contribution in [1.29, 1.82) is 5.26 Å². The first-order chi connectivity index (χ1) is 7.10. The second kappa shape index (κ2) is 5.26. The fourth-order valence-corrected chi connectivity index (χ4v) is 1.99. The van der Waals surface area contributed by atoms with Gasteiger partial charge in [0.05, 0.1) is 16.8 Å². The highest BCUT2D eigenvalue weighted by Gasteiger charge is 2.32. The lowest BCUT2D eigenvalue weighted by Crippen LogP contribution is -2.27. The van der Waals surface area contributed by atoms with Crippen LogP contribution in [-0.4, -0.2) is 18.9 Å². The van der Waals surface area contributed by atoms with Gasteiger partial charge in [-0.25, -0.2) is 0 Å². The molecule has 0 heterocycles. The van der Waals surface area contributed by atoms with Crippen molar-refractivity contribution in [2.45, 2.75) is 12.8 Å². The number of allylic oxidation sites excluding steroid dienone is 2. The first kappa shape index (κ1) is 12.2. The van der Waals surface area contributed by atoms with Gasteiger partial charge in [-0.1, -0.05) is 6.08 Å². The maximum Gasteiger partial charge on any atom is 0.323 e. The summed E-state index contributed by atoms with van der Waals surface area (Å²) in [6, 6.07) is 1.90. The molecule has 0 N–H and O–H groups in total. The third-order valence-electron chi connectivity index (χ3n) is 2.38. The van der Waals surface area contributed by atoms with Crippen LogP contribution in [0.3, 0.4) is 0 Å². The Balaban J connectivity index is 2.78. The van der Waals surface area contributed by atoms with Crippen molar-refractivity contribution >= 4 is 34.3 Å². The summed E-state index contributed by atoms with van der Waals surface area (Å²) in [5, 5.41) is 8.85. The first-order valence-electron chi connectivity index (χ1n) is 4.46. The van der Waals surface area contributed by atoms with Crippen LogP contribution in [0.4, 0.5) is 0 Å². The van der Waals surface area contributed by atoms with Gasteiger partial charge in [-0.2, -0.15) is 5.26 Å². The number of nitrogens with zero attached hydrogens (tertiary/aromatic N) is 1. The number of esters is 1. The van der Waals surface area contributed by atoms with Crippen LogP contribution in [0.25, 0.3) is 0 Å². The molecule has 0 aromatic heterocycles. The Labute approximate surface area is 101 Å². The van der Waals surface area contributed by atoms with Crippen molar-refractivity contribution < 1.29 is 14.3 Å². The van der Waals surface area contributed by atoms with Gasteiger partial charge in [-0.3, -0.25) is 9.59 Å². The molecule has 0 aromatic rings. The normalized spacial score (nSPS) is 22.6. The molecular formula is C10H10INO3. The van der Waals surface area contributed by atoms with Crippen LogP contribution >= 0.6 is 22.6 Å². The molecule has 1 aliphatic carbocycles. The van der Waals surface area contributed by atoms with Gasteiger partial charge in [0.15, 0.2) is 5.78 Å². The highest BCUT2D eigenvalue weighted by atomic mass is 127. The molecule has 80 valence electrons. The van der Waals surface area contributed by atoms with E-state index in [1.54, 1.807) is 6.08 Å². The smallest absolute Gasteiger partial charge is 0.323 e. The molecule has 0 aliphatic heterocycles. The maximum atomic E-state index is 11.4. The predicted molar refractivity (Wildman–Crippen MR) is 61.0 cm³/mol. The van der Waals surface area contributed by atoms with Gasteiger partial charge in [0, 0.05) is 6.42 Å². The van der Waals surface area contributed by atoms with Crippen LogP contribution in [0.5, 0.6) is 0 Å². The standard InChI is InChI=1S/C10H10INO3/c1-15-10(14)7(5-12)6-2-3-8(11)9(13)4-6/h3,6-7H,2,4H2,1H3. The van der Waals surface area contributed by atoms with Crippen LogP contribution in [0.15, 0.2) is 9.66 Å². The summed E-state index contributed by atoms with van der Waals surface area (Å²) in [7, 11) is 1.25. The van der Waals surface area contributed by atoms with E-state index in [9.17, 15) is 9.59 Å². The first-order valence-corrected chi connectivity index (χ1v) is 5.54. The predicted octanol–water partition coefficient (Wildman–Crippen LogP) is 1.60. The molecule has 0 spiro atoms. The lowest BCUT2D eigenvalue weighted by molar-refractivity contribution is -0.145. The number of carbonyl (C=O) groups excluding carboxylic acids is 2. The highest BCUT2D eigenvalue weighted by Crippen LogP contribution is 2.30. The lowest BCUT2D eigenvalue weighted by Gasteiger charge is -2.21. The maximum absolute atomic E-state index is 11.4.